The number of hydrogen-bond donors (Lipinski definition) is 0. The molecule has 0 amide bonds. The van der Waals surface area contributed by atoms with Crippen molar-refractivity contribution in [1.29, 1.82) is 0 Å². The molecule has 0 aliphatic rings. The number of aryl methyl sites for hydroxylation is 2. The molecule has 0 N–H and O–H groups in total. The second-order valence-electron chi connectivity index (χ2n) is 8.71. The first-order chi connectivity index (χ1) is 16.9. The highest BCUT2D eigenvalue weighted by Gasteiger charge is 2.10. The third kappa shape index (κ3) is 5.01. The maximum absolute atomic E-state index is 6.21. The Morgan fingerprint density at radius 1 is 0.971 bits per heavy atom. The molecule has 3 nitrogen and oxygen atoms in total. The van der Waals surface area contributed by atoms with Gasteiger partial charge in [0.05, 0.1) is 23.3 Å². The number of rotatable bonds is 6. The summed E-state index contributed by atoms with van der Waals surface area (Å²) in [6, 6.07) is 22.3. The van der Waals surface area contributed by atoms with E-state index in [2.05, 4.69) is 72.4 Å². The summed E-state index contributed by atoms with van der Waals surface area (Å²) < 4.78 is 2.00. The highest BCUT2D eigenvalue weighted by atomic mass is 35.5. The van der Waals surface area contributed by atoms with Gasteiger partial charge in [-0.1, -0.05) is 71.8 Å². The number of benzene rings is 4. The first-order valence-corrected chi connectivity index (χ1v) is 12.5. The molecule has 5 rings (SSSR count). The van der Waals surface area contributed by atoms with Crippen molar-refractivity contribution in [2.75, 3.05) is 6.54 Å². The monoisotopic (exact) mass is 515 g/mol. The summed E-state index contributed by atoms with van der Waals surface area (Å²) >= 11 is 18.0. The number of halogens is 2. The zero-order chi connectivity index (χ0) is 24.5. The van der Waals surface area contributed by atoms with Gasteiger partial charge >= 0.3 is 0 Å². The first-order valence-electron chi connectivity index (χ1n) is 11.3. The lowest BCUT2D eigenvalue weighted by Crippen LogP contribution is -2.07. The van der Waals surface area contributed by atoms with Crippen LogP contribution in [0.25, 0.3) is 27.5 Å². The van der Waals surface area contributed by atoms with E-state index in [0.29, 0.717) is 16.6 Å². The fourth-order valence-electron chi connectivity index (χ4n) is 4.43. The van der Waals surface area contributed by atoms with E-state index in [-0.39, 0.29) is 0 Å². The molecule has 35 heavy (non-hydrogen) atoms. The molecule has 0 spiro atoms. The molecule has 0 fully saturated rings. The Morgan fingerprint density at radius 3 is 2.46 bits per heavy atom. The van der Waals surface area contributed by atoms with Gasteiger partial charge in [-0.15, -0.1) is 0 Å². The molecule has 0 bridgehead atoms. The van der Waals surface area contributed by atoms with E-state index in [9.17, 15) is 0 Å². The predicted molar refractivity (Wildman–Crippen MR) is 153 cm³/mol. The standard InChI is InChI=1S/C29H23Cl2N3S/c1-18-4-3-5-19(2)27(18)14-25(35)16-32-15-20-6-8-26-21(10-20)7-9-28-29(26)33-17-34(28)24-12-22(30)11-23(31)13-24/h3-13,15,17H,14,16H2,1-2H3. The molecule has 5 aromatic rings. The minimum absolute atomic E-state index is 0.535. The fourth-order valence-corrected chi connectivity index (χ4v) is 5.16. The highest BCUT2D eigenvalue weighted by molar-refractivity contribution is 7.80. The van der Waals surface area contributed by atoms with E-state index in [1.807, 2.05) is 22.9 Å². The molecule has 1 heterocycles. The lowest BCUT2D eigenvalue weighted by molar-refractivity contribution is 1.09. The Labute approximate surface area is 220 Å². The summed E-state index contributed by atoms with van der Waals surface area (Å²) in [5.74, 6) is 0. The Bertz CT molecular complexity index is 1580. The fraction of sp³-hybridized carbons (Fsp3) is 0.138. The zero-order valence-electron chi connectivity index (χ0n) is 19.4. The lowest BCUT2D eigenvalue weighted by atomic mass is 9.99. The molecular formula is C29H23Cl2N3S. The molecule has 0 aliphatic heterocycles. The average molecular weight is 516 g/mol. The normalized spacial score (nSPS) is 11.7. The SMILES string of the molecule is Cc1cccc(C)c1CC(=S)CN=Cc1ccc2c(ccc3c2ncn3-c2cc(Cl)cc(Cl)c2)c1. The Hall–Kier alpha value is -3.05. The maximum Gasteiger partial charge on any atom is 0.100 e. The number of imidazole rings is 1. The molecule has 0 saturated heterocycles. The molecule has 4 aromatic carbocycles. The van der Waals surface area contributed by atoms with Crippen LogP contribution < -0.4 is 0 Å². The highest BCUT2D eigenvalue weighted by Crippen LogP contribution is 2.29. The van der Waals surface area contributed by atoms with Crippen molar-refractivity contribution in [1.82, 2.24) is 9.55 Å². The number of aliphatic imine (C=N–C) groups is 1. The van der Waals surface area contributed by atoms with Crippen LogP contribution in [0.5, 0.6) is 0 Å². The van der Waals surface area contributed by atoms with Crippen LogP contribution in [0.2, 0.25) is 10.0 Å². The van der Waals surface area contributed by atoms with Crippen LogP contribution >= 0.6 is 35.4 Å². The minimum atomic E-state index is 0.535. The molecule has 0 radical (unpaired) electrons. The van der Waals surface area contributed by atoms with Gasteiger partial charge in [0.15, 0.2) is 0 Å². The molecule has 0 aliphatic carbocycles. The van der Waals surface area contributed by atoms with Crippen molar-refractivity contribution in [3.63, 3.8) is 0 Å². The van der Waals surface area contributed by atoms with Crippen LogP contribution in [0.3, 0.4) is 0 Å². The maximum atomic E-state index is 6.21. The van der Waals surface area contributed by atoms with Gasteiger partial charge in [0, 0.05) is 32.9 Å². The van der Waals surface area contributed by atoms with E-state index in [0.717, 1.165) is 44.3 Å². The van der Waals surface area contributed by atoms with E-state index >= 15 is 0 Å². The van der Waals surface area contributed by atoms with Crippen LogP contribution in [-0.4, -0.2) is 27.2 Å². The largest absolute Gasteiger partial charge is 0.299 e. The number of nitrogens with zero attached hydrogens (tertiary/aromatic N) is 3. The summed E-state index contributed by atoms with van der Waals surface area (Å²) in [5, 5.41) is 3.37. The summed E-state index contributed by atoms with van der Waals surface area (Å²) in [6.45, 7) is 4.80. The van der Waals surface area contributed by atoms with E-state index in [4.69, 9.17) is 35.4 Å². The predicted octanol–water partition coefficient (Wildman–Crippen LogP) is 8.13. The van der Waals surface area contributed by atoms with E-state index in [1.54, 1.807) is 12.4 Å². The van der Waals surface area contributed by atoms with Crippen LogP contribution in [0, 0.1) is 13.8 Å². The first kappa shape index (κ1) is 23.7. The quantitative estimate of drug-likeness (QED) is 0.168. The van der Waals surface area contributed by atoms with Crippen LogP contribution in [0.1, 0.15) is 22.3 Å². The number of aromatic nitrogens is 2. The van der Waals surface area contributed by atoms with Crippen molar-refractivity contribution < 1.29 is 0 Å². The van der Waals surface area contributed by atoms with Gasteiger partial charge in [-0.2, -0.15) is 0 Å². The van der Waals surface area contributed by atoms with Crippen LogP contribution in [0.4, 0.5) is 0 Å². The van der Waals surface area contributed by atoms with Crippen LogP contribution in [-0.2, 0) is 6.42 Å². The zero-order valence-corrected chi connectivity index (χ0v) is 21.8. The van der Waals surface area contributed by atoms with Gasteiger partial charge in [0.2, 0.25) is 0 Å². The summed E-state index contributed by atoms with van der Waals surface area (Å²) in [4.78, 5) is 10.2. The Balaban J connectivity index is 1.36. The topological polar surface area (TPSA) is 30.2 Å². The summed E-state index contributed by atoms with van der Waals surface area (Å²) in [5.41, 5.74) is 7.70. The van der Waals surface area contributed by atoms with Gasteiger partial charge < -0.3 is 0 Å². The van der Waals surface area contributed by atoms with Crippen molar-refractivity contribution in [3.8, 4) is 5.69 Å². The lowest BCUT2D eigenvalue weighted by Gasteiger charge is -2.09. The Morgan fingerprint density at radius 2 is 1.71 bits per heavy atom. The van der Waals surface area contributed by atoms with Crippen LogP contribution in [0.15, 0.2) is 78.0 Å². The van der Waals surface area contributed by atoms with Gasteiger partial charge in [0.1, 0.15) is 6.33 Å². The second kappa shape index (κ2) is 9.90. The van der Waals surface area contributed by atoms with E-state index in [1.165, 1.54) is 16.7 Å². The summed E-state index contributed by atoms with van der Waals surface area (Å²) in [7, 11) is 0. The van der Waals surface area contributed by atoms with Gasteiger partial charge in [-0.25, -0.2) is 4.98 Å². The number of fused-ring (bicyclic) bond motifs is 3. The molecule has 0 atom stereocenters. The van der Waals surface area contributed by atoms with Crippen molar-refractivity contribution >= 4 is 68.3 Å². The smallest absolute Gasteiger partial charge is 0.100 e. The molecular weight excluding hydrogens is 493 g/mol. The number of hydrogen-bond acceptors (Lipinski definition) is 3. The van der Waals surface area contributed by atoms with Gasteiger partial charge in [-0.05, 0) is 71.8 Å². The van der Waals surface area contributed by atoms with Crippen molar-refractivity contribution in [2.45, 2.75) is 20.3 Å². The summed E-state index contributed by atoms with van der Waals surface area (Å²) in [6.07, 6.45) is 4.48. The second-order valence-corrected chi connectivity index (χ2v) is 10.2. The third-order valence-corrected chi connectivity index (χ3v) is 6.92. The molecule has 6 heteroatoms. The average Bonchev–Trinajstić information content (AvgIpc) is 3.25. The third-order valence-electron chi connectivity index (χ3n) is 6.21. The van der Waals surface area contributed by atoms with Crippen molar-refractivity contribution in [2.24, 2.45) is 4.99 Å². The van der Waals surface area contributed by atoms with E-state index < -0.39 is 0 Å². The minimum Gasteiger partial charge on any atom is -0.299 e. The van der Waals surface area contributed by atoms with Crippen molar-refractivity contribution in [3.05, 3.63) is 105 Å². The Kier molecular flexibility index (Phi) is 6.70. The molecule has 1 aromatic heterocycles. The molecule has 0 unspecified atom stereocenters. The molecule has 174 valence electrons. The van der Waals surface area contributed by atoms with Gasteiger partial charge in [0.25, 0.3) is 0 Å². The number of thiocarbonyl (C=S) groups is 1. The molecule has 0 saturated carbocycles. The van der Waals surface area contributed by atoms with Gasteiger partial charge in [-0.3, -0.25) is 9.56 Å².